The lowest BCUT2D eigenvalue weighted by molar-refractivity contribution is 0.0587. The van der Waals surface area contributed by atoms with Crippen LogP contribution in [0.15, 0.2) is 24.7 Å². The molecule has 2 atom stereocenters. The molecule has 0 bridgehead atoms. The monoisotopic (exact) mass is 391 g/mol. The topological polar surface area (TPSA) is 83.4 Å². The van der Waals surface area contributed by atoms with Gasteiger partial charge in [-0.25, -0.2) is 4.52 Å². The number of hydrogen-bond acceptors (Lipinski definition) is 6. The van der Waals surface area contributed by atoms with E-state index in [1.165, 1.54) is 6.42 Å². The second-order valence-electron chi connectivity index (χ2n) is 8.16. The molecule has 0 spiro atoms. The average Bonchev–Trinajstić information content (AvgIpc) is 3.39. The van der Waals surface area contributed by atoms with Crippen molar-refractivity contribution in [1.82, 2.24) is 29.6 Å². The van der Waals surface area contributed by atoms with E-state index in [1.807, 2.05) is 18.5 Å². The van der Waals surface area contributed by atoms with Crippen molar-refractivity contribution in [3.63, 3.8) is 0 Å². The highest BCUT2D eigenvalue weighted by molar-refractivity contribution is 5.75. The van der Waals surface area contributed by atoms with E-state index in [9.17, 15) is 5.26 Å². The van der Waals surface area contributed by atoms with E-state index in [0.29, 0.717) is 35.0 Å². The first kappa shape index (κ1) is 18.2. The fraction of sp³-hybridized carbons (Fsp3) is 0.476. The van der Waals surface area contributed by atoms with Gasteiger partial charge < -0.3 is 10.1 Å². The molecular formula is C21H25N7O. The van der Waals surface area contributed by atoms with E-state index in [0.717, 1.165) is 36.5 Å². The van der Waals surface area contributed by atoms with E-state index in [1.54, 1.807) is 17.8 Å². The summed E-state index contributed by atoms with van der Waals surface area (Å²) in [5.74, 6) is 0.640. The van der Waals surface area contributed by atoms with Crippen molar-refractivity contribution in [2.24, 2.45) is 0 Å². The van der Waals surface area contributed by atoms with E-state index < -0.39 is 0 Å². The number of nitriles is 1. The van der Waals surface area contributed by atoms with Crippen LogP contribution in [0.3, 0.4) is 0 Å². The first-order valence-electron chi connectivity index (χ1n) is 10.1. The summed E-state index contributed by atoms with van der Waals surface area (Å²) < 4.78 is 9.41. The Morgan fingerprint density at radius 3 is 2.76 bits per heavy atom. The zero-order valence-electron chi connectivity index (χ0n) is 17.0. The van der Waals surface area contributed by atoms with Crippen LogP contribution in [0.5, 0.6) is 5.75 Å². The minimum Gasteiger partial charge on any atom is -0.494 e. The van der Waals surface area contributed by atoms with Crippen molar-refractivity contribution < 1.29 is 4.74 Å². The number of nitrogens with one attached hydrogen (secondary N) is 1. The van der Waals surface area contributed by atoms with Crippen LogP contribution < -0.4 is 10.1 Å². The Labute approximate surface area is 169 Å². The number of methoxy groups -OCH3 is 1. The zero-order valence-corrected chi connectivity index (χ0v) is 17.0. The van der Waals surface area contributed by atoms with Crippen LogP contribution in [0, 0.1) is 18.3 Å². The Kier molecular flexibility index (Phi) is 4.30. The lowest BCUT2D eigenvalue weighted by Gasteiger charge is -2.43. The van der Waals surface area contributed by atoms with Gasteiger partial charge in [0.25, 0.3) is 0 Å². The summed E-state index contributed by atoms with van der Waals surface area (Å²) in [7, 11) is 1.62. The fourth-order valence-corrected chi connectivity index (χ4v) is 4.67. The van der Waals surface area contributed by atoms with Gasteiger partial charge in [0.15, 0.2) is 0 Å². The van der Waals surface area contributed by atoms with Gasteiger partial charge in [-0.3, -0.25) is 9.58 Å². The van der Waals surface area contributed by atoms with Crippen molar-refractivity contribution in [2.45, 2.75) is 38.4 Å². The number of ether oxygens (including phenoxy) is 1. The maximum Gasteiger partial charge on any atom is 0.146 e. The number of hydrogen-bond donors (Lipinski definition) is 1. The molecule has 2 aliphatic rings. The van der Waals surface area contributed by atoms with Gasteiger partial charge >= 0.3 is 0 Å². The molecule has 8 heteroatoms. The van der Waals surface area contributed by atoms with Crippen LogP contribution in [0.2, 0.25) is 0 Å². The van der Waals surface area contributed by atoms with Crippen molar-refractivity contribution in [3.05, 3.63) is 35.9 Å². The van der Waals surface area contributed by atoms with Crippen LogP contribution in [-0.2, 0) is 0 Å². The molecule has 0 radical (unpaired) electrons. The highest BCUT2D eigenvalue weighted by Gasteiger charge is 2.37. The molecule has 29 heavy (non-hydrogen) atoms. The Balaban J connectivity index is 1.41. The Hall–Kier alpha value is -2.89. The molecule has 0 saturated carbocycles. The van der Waals surface area contributed by atoms with Gasteiger partial charge in [0.05, 0.1) is 25.5 Å². The van der Waals surface area contributed by atoms with Gasteiger partial charge in [0.2, 0.25) is 0 Å². The van der Waals surface area contributed by atoms with Gasteiger partial charge in [-0.05, 0) is 26.3 Å². The number of rotatable bonds is 4. The normalized spacial score (nSPS) is 22.7. The molecule has 0 aliphatic carbocycles. The van der Waals surface area contributed by atoms with E-state index in [4.69, 9.17) is 9.84 Å². The minimum absolute atomic E-state index is 0.417. The summed E-state index contributed by atoms with van der Waals surface area (Å²) in [6.07, 6.45) is 6.65. The second kappa shape index (κ2) is 6.87. The number of fused-ring (bicyclic) bond motifs is 1. The summed E-state index contributed by atoms with van der Waals surface area (Å²) in [6, 6.07) is 5.82. The SMILES string of the molecule is COc1cc(-c2cnn(C3CN([C@H]4CN[C@@H](C)C4)C3)c2C)cn2ncc(C#N)c12. The first-order valence-corrected chi connectivity index (χ1v) is 10.1. The average molecular weight is 391 g/mol. The van der Waals surface area contributed by atoms with Gasteiger partial charge in [-0.15, -0.1) is 0 Å². The molecule has 5 heterocycles. The van der Waals surface area contributed by atoms with Crippen LogP contribution in [0.25, 0.3) is 16.6 Å². The van der Waals surface area contributed by atoms with Gasteiger partial charge in [0.1, 0.15) is 22.9 Å². The zero-order chi connectivity index (χ0) is 20.1. The van der Waals surface area contributed by atoms with Crippen molar-refractivity contribution in [1.29, 1.82) is 5.26 Å². The lowest BCUT2D eigenvalue weighted by Crippen LogP contribution is -2.53. The first-order chi connectivity index (χ1) is 14.1. The van der Waals surface area contributed by atoms with Crippen LogP contribution in [0.4, 0.5) is 0 Å². The van der Waals surface area contributed by atoms with E-state index in [-0.39, 0.29) is 0 Å². The number of likely N-dealkylation sites (tertiary alicyclic amines) is 1. The van der Waals surface area contributed by atoms with Crippen molar-refractivity contribution in [3.8, 4) is 22.9 Å². The Morgan fingerprint density at radius 2 is 2.07 bits per heavy atom. The predicted molar refractivity (Wildman–Crippen MR) is 109 cm³/mol. The van der Waals surface area contributed by atoms with Crippen molar-refractivity contribution in [2.75, 3.05) is 26.7 Å². The molecule has 0 amide bonds. The minimum atomic E-state index is 0.417. The quantitative estimate of drug-likeness (QED) is 0.732. The van der Waals surface area contributed by atoms with E-state index in [2.05, 4.69) is 39.9 Å². The fourth-order valence-electron chi connectivity index (χ4n) is 4.67. The third-order valence-corrected chi connectivity index (χ3v) is 6.35. The molecule has 0 aromatic carbocycles. The Morgan fingerprint density at radius 1 is 1.24 bits per heavy atom. The molecule has 3 aromatic rings. The van der Waals surface area contributed by atoms with Gasteiger partial charge in [-0.2, -0.15) is 15.5 Å². The highest BCUT2D eigenvalue weighted by Crippen LogP contribution is 2.34. The van der Waals surface area contributed by atoms with Crippen molar-refractivity contribution >= 4 is 5.52 Å². The molecule has 0 unspecified atom stereocenters. The number of nitrogens with zero attached hydrogens (tertiary/aromatic N) is 6. The summed E-state index contributed by atoms with van der Waals surface area (Å²) in [6.45, 7) is 7.56. The maximum atomic E-state index is 9.31. The van der Waals surface area contributed by atoms with Gasteiger partial charge in [-0.1, -0.05) is 0 Å². The van der Waals surface area contributed by atoms with Crippen LogP contribution in [0.1, 0.15) is 30.6 Å². The summed E-state index contributed by atoms with van der Waals surface area (Å²) in [5, 5.41) is 21.9. The maximum absolute atomic E-state index is 9.31. The number of aromatic nitrogens is 4. The molecule has 2 saturated heterocycles. The molecule has 1 N–H and O–H groups in total. The largest absolute Gasteiger partial charge is 0.494 e. The third-order valence-electron chi connectivity index (χ3n) is 6.35. The summed E-state index contributed by atoms with van der Waals surface area (Å²) in [5.41, 5.74) is 4.38. The van der Waals surface area contributed by atoms with Crippen LogP contribution >= 0.6 is 0 Å². The molecule has 5 rings (SSSR count). The van der Waals surface area contributed by atoms with Crippen LogP contribution in [-0.4, -0.2) is 63.1 Å². The molecule has 150 valence electrons. The van der Waals surface area contributed by atoms with E-state index >= 15 is 0 Å². The second-order valence-corrected chi connectivity index (χ2v) is 8.16. The third kappa shape index (κ3) is 2.89. The molecule has 2 fully saturated rings. The lowest BCUT2D eigenvalue weighted by atomic mass is 10.0. The Bertz CT molecular complexity index is 1100. The van der Waals surface area contributed by atoms with Gasteiger partial charge in [0, 0.05) is 54.7 Å². The highest BCUT2D eigenvalue weighted by atomic mass is 16.5. The standard InChI is InChI=1S/C21H25N7O/c1-13-4-17(8-23-13)26-11-18(12-26)28-14(2)19(9-25-28)15-5-20(29-3)21-16(6-22)7-24-27(21)10-15/h5,7,9-10,13,17-18,23H,4,8,11-12H2,1-3H3/t13-,17+/m0/s1. The molecule has 2 aliphatic heterocycles. The predicted octanol–water partition coefficient (Wildman–Crippen LogP) is 1.99. The smallest absolute Gasteiger partial charge is 0.146 e. The number of pyridine rings is 1. The summed E-state index contributed by atoms with van der Waals surface area (Å²) in [4.78, 5) is 2.56. The molecular weight excluding hydrogens is 366 g/mol. The molecule has 3 aromatic heterocycles. The summed E-state index contributed by atoms with van der Waals surface area (Å²) >= 11 is 0. The molecule has 8 nitrogen and oxygen atoms in total.